The Morgan fingerprint density at radius 3 is 2.82 bits per heavy atom. The van der Waals surface area contributed by atoms with Crippen molar-refractivity contribution in [3.05, 3.63) is 0 Å². The summed E-state index contributed by atoms with van der Waals surface area (Å²) in [5, 5.41) is 2.65. The molecule has 1 atom stereocenters. The van der Waals surface area contributed by atoms with Crippen molar-refractivity contribution in [1.29, 1.82) is 0 Å². The van der Waals surface area contributed by atoms with Crippen molar-refractivity contribution in [2.75, 3.05) is 19.6 Å². The second-order valence-electron chi connectivity index (χ2n) is 4.50. The molecule has 1 aliphatic heterocycles. The highest BCUT2D eigenvalue weighted by Gasteiger charge is 2.25. The summed E-state index contributed by atoms with van der Waals surface area (Å²) >= 11 is 0. The van der Waals surface area contributed by atoms with Crippen LogP contribution in [0, 0.1) is 0 Å². The number of amides is 2. The van der Waals surface area contributed by atoms with Gasteiger partial charge in [-0.25, -0.2) is 0 Å². The maximum atomic E-state index is 11.9. The Bertz CT molecular complexity index is 268. The molecule has 98 valence electrons. The monoisotopic (exact) mass is 241 g/mol. The van der Waals surface area contributed by atoms with Gasteiger partial charge in [0.25, 0.3) is 0 Å². The summed E-state index contributed by atoms with van der Waals surface area (Å²) in [5.74, 6) is -0.0632. The number of nitrogens with zero attached hydrogens (tertiary/aromatic N) is 1. The van der Waals surface area contributed by atoms with Gasteiger partial charge < -0.3 is 16.0 Å². The second-order valence-corrected chi connectivity index (χ2v) is 4.50. The van der Waals surface area contributed by atoms with Crippen molar-refractivity contribution in [1.82, 2.24) is 10.2 Å². The molecule has 0 aromatic rings. The molecule has 0 aliphatic carbocycles. The fourth-order valence-electron chi connectivity index (χ4n) is 2.17. The molecule has 1 fully saturated rings. The van der Waals surface area contributed by atoms with Gasteiger partial charge in [-0.2, -0.15) is 0 Å². The van der Waals surface area contributed by atoms with E-state index in [0.29, 0.717) is 13.0 Å². The van der Waals surface area contributed by atoms with E-state index < -0.39 is 0 Å². The molecule has 0 aromatic carbocycles. The fourth-order valence-corrected chi connectivity index (χ4v) is 2.17. The molecule has 1 aliphatic rings. The van der Waals surface area contributed by atoms with Crippen molar-refractivity contribution in [3.63, 3.8) is 0 Å². The second kappa shape index (κ2) is 7.27. The van der Waals surface area contributed by atoms with Gasteiger partial charge in [-0.1, -0.05) is 6.92 Å². The van der Waals surface area contributed by atoms with Gasteiger partial charge in [-0.15, -0.1) is 0 Å². The van der Waals surface area contributed by atoms with Crippen molar-refractivity contribution < 1.29 is 9.59 Å². The molecule has 1 rings (SSSR count). The first kappa shape index (κ1) is 14.0. The minimum atomic E-state index is -0.0536. The highest BCUT2D eigenvalue weighted by atomic mass is 16.2. The summed E-state index contributed by atoms with van der Waals surface area (Å²) in [7, 11) is 0. The molecule has 0 spiro atoms. The molecular weight excluding hydrogens is 218 g/mol. The van der Waals surface area contributed by atoms with E-state index in [1.54, 1.807) is 0 Å². The molecule has 0 saturated carbocycles. The first-order chi connectivity index (χ1) is 8.19. The molecule has 0 aromatic heterocycles. The van der Waals surface area contributed by atoms with Gasteiger partial charge in [0.15, 0.2) is 0 Å². The van der Waals surface area contributed by atoms with Crippen molar-refractivity contribution in [2.24, 2.45) is 5.73 Å². The molecule has 5 heteroatoms. The van der Waals surface area contributed by atoms with Crippen LogP contribution in [0.5, 0.6) is 0 Å². The summed E-state index contributed by atoms with van der Waals surface area (Å²) in [6, 6.07) is 0.152. The van der Waals surface area contributed by atoms with Crippen LogP contribution in [0.3, 0.4) is 0 Å². The van der Waals surface area contributed by atoms with Gasteiger partial charge >= 0.3 is 0 Å². The first-order valence-electron chi connectivity index (χ1n) is 6.45. The summed E-state index contributed by atoms with van der Waals surface area (Å²) < 4.78 is 0. The first-order valence-corrected chi connectivity index (χ1v) is 6.45. The third-order valence-corrected chi connectivity index (χ3v) is 3.13. The zero-order valence-electron chi connectivity index (χ0n) is 10.6. The van der Waals surface area contributed by atoms with Crippen LogP contribution in [0.25, 0.3) is 0 Å². The van der Waals surface area contributed by atoms with Gasteiger partial charge in [0.05, 0.1) is 6.54 Å². The summed E-state index contributed by atoms with van der Waals surface area (Å²) in [6.07, 6.45) is 4.42. The van der Waals surface area contributed by atoms with Crippen LogP contribution in [0.1, 0.15) is 39.0 Å². The smallest absolute Gasteiger partial charge is 0.242 e. The van der Waals surface area contributed by atoms with Crippen LogP contribution in [-0.4, -0.2) is 42.4 Å². The van der Waals surface area contributed by atoms with E-state index in [-0.39, 0.29) is 24.4 Å². The summed E-state index contributed by atoms with van der Waals surface area (Å²) in [6.45, 7) is 3.32. The Labute approximate surface area is 103 Å². The number of hydrogen-bond acceptors (Lipinski definition) is 3. The van der Waals surface area contributed by atoms with Crippen LogP contribution in [0.15, 0.2) is 0 Å². The molecule has 2 amide bonds. The van der Waals surface area contributed by atoms with Gasteiger partial charge in [-0.3, -0.25) is 9.59 Å². The van der Waals surface area contributed by atoms with Gasteiger partial charge in [0.2, 0.25) is 11.8 Å². The molecule has 17 heavy (non-hydrogen) atoms. The molecule has 1 heterocycles. The maximum Gasteiger partial charge on any atom is 0.242 e. The quantitative estimate of drug-likeness (QED) is 0.724. The minimum Gasteiger partial charge on any atom is -0.347 e. The lowest BCUT2D eigenvalue weighted by Crippen LogP contribution is -2.50. The lowest BCUT2D eigenvalue weighted by molar-refractivity contribution is -0.135. The van der Waals surface area contributed by atoms with Gasteiger partial charge in [-0.05, 0) is 25.7 Å². The Morgan fingerprint density at radius 1 is 1.41 bits per heavy atom. The number of carbonyl (C=O) groups excluding carboxylic acids is 2. The van der Waals surface area contributed by atoms with Crippen molar-refractivity contribution in [2.45, 2.75) is 45.1 Å². The van der Waals surface area contributed by atoms with E-state index >= 15 is 0 Å². The highest BCUT2D eigenvalue weighted by molar-refractivity contribution is 5.84. The van der Waals surface area contributed by atoms with E-state index in [1.165, 1.54) is 0 Å². The third-order valence-electron chi connectivity index (χ3n) is 3.13. The number of nitrogens with two attached hydrogens (primary N) is 1. The molecule has 0 bridgehead atoms. The van der Waals surface area contributed by atoms with Crippen LogP contribution < -0.4 is 11.1 Å². The van der Waals surface area contributed by atoms with E-state index in [2.05, 4.69) is 5.32 Å². The number of piperidine rings is 1. The number of hydrogen-bond donors (Lipinski definition) is 2. The van der Waals surface area contributed by atoms with Gasteiger partial charge in [0.1, 0.15) is 0 Å². The van der Waals surface area contributed by atoms with Crippen molar-refractivity contribution in [3.8, 4) is 0 Å². The predicted molar refractivity (Wildman–Crippen MR) is 66.3 cm³/mol. The highest BCUT2D eigenvalue weighted by Crippen LogP contribution is 2.15. The fraction of sp³-hybridized carbons (Fsp3) is 0.833. The van der Waals surface area contributed by atoms with E-state index in [4.69, 9.17) is 5.73 Å². The molecular formula is C12H23N3O2. The number of carbonyl (C=O) groups is 2. The number of nitrogens with one attached hydrogen (secondary N) is 1. The topological polar surface area (TPSA) is 75.4 Å². The lowest BCUT2D eigenvalue weighted by atomic mass is 10.0. The standard InChI is InChI=1S/C12H23N3O2/c1-2-5-11(16)14-9-12(17)15-7-4-3-6-10(15)8-13/h10H,2-9,13H2,1H3,(H,14,16). The number of likely N-dealkylation sites (tertiary alicyclic amines) is 1. The Hall–Kier alpha value is -1.10. The third kappa shape index (κ3) is 4.34. The van der Waals surface area contributed by atoms with Crippen LogP contribution >= 0.6 is 0 Å². The van der Waals surface area contributed by atoms with Crippen LogP contribution in [-0.2, 0) is 9.59 Å². The molecule has 3 N–H and O–H groups in total. The molecule has 1 unspecified atom stereocenters. The minimum absolute atomic E-state index is 0.00963. The largest absolute Gasteiger partial charge is 0.347 e. The maximum absolute atomic E-state index is 11.9. The summed E-state index contributed by atoms with van der Waals surface area (Å²) in [5.41, 5.74) is 5.65. The molecule has 5 nitrogen and oxygen atoms in total. The molecule has 1 saturated heterocycles. The Morgan fingerprint density at radius 2 is 2.18 bits per heavy atom. The van der Waals surface area contributed by atoms with Crippen molar-refractivity contribution >= 4 is 11.8 Å². The van der Waals surface area contributed by atoms with Crippen LogP contribution in [0.4, 0.5) is 0 Å². The van der Waals surface area contributed by atoms with E-state index in [0.717, 1.165) is 32.2 Å². The zero-order chi connectivity index (χ0) is 12.7. The zero-order valence-corrected chi connectivity index (χ0v) is 10.6. The Kier molecular flexibility index (Phi) is 5.97. The normalized spacial score (nSPS) is 20.1. The average molecular weight is 241 g/mol. The number of rotatable bonds is 5. The molecule has 0 radical (unpaired) electrons. The van der Waals surface area contributed by atoms with Gasteiger partial charge in [0, 0.05) is 25.6 Å². The summed E-state index contributed by atoms with van der Waals surface area (Å²) in [4.78, 5) is 25.0. The van der Waals surface area contributed by atoms with E-state index in [9.17, 15) is 9.59 Å². The Balaban J connectivity index is 2.37. The van der Waals surface area contributed by atoms with Crippen LogP contribution in [0.2, 0.25) is 0 Å². The average Bonchev–Trinajstić information content (AvgIpc) is 2.36. The predicted octanol–water partition coefficient (Wildman–Crippen LogP) is 0.243. The SMILES string of the molecule is CCCC(=O)NCC(=O)N1CCCCC1CN. The van der Waals surface area contributed by atoms with E-state index in [1.807, 2.05) is 11.8 Å². The lowest BCUT2D eigenvalue weighted by Gasteiger charge is -2.35.